The van der Waals surface area contributed by atoms with E-state index in [1.165, 1.54) is 15.9 Å². The summed E-state index contributed by atoms with van der Waals surface area (Å²) in [6.45, 7) is 2.06. The zero-order valence-corrected chi connectivity index (χ0v) is 18.4. The molecule has 28 heavy (non-hydrogen) atoms. The zero-order chi connectivity index (χ0) is 19.5. The van der Waals surface area contributed by atoms with E-state index in [2.05, 4.69) is 132 Å². The molecule has 0 aliphatic rings. The van der Waals surface area contributed by atoms with Gasteiger partial charge in [0.25, 0.3) is 0 Å². The molecule has 0 bridgehead atoms. The van der Waals surface area contributed by atoms with Crippen LogP contribution in [0.2, 0.25) is 0 Å². The van der Waals surface area contributed by atoms with Gasteiger partial charge < -0.3 is 0 Å². The predicted molar refractivity (Wildman–Crippen MR) is 127 cm³/mol. The molecule has 0 saturated carbocycles. The molecule has 0 fully saturated rings. The van der Waals surface area contributed by atoms with Crippen LogP contribution in [0, 0.1) is 6.92 Å². The van der Waals surface area contributed by atoms with Gasteiger partial charge in [0.2, 0.25) is 0 Å². The number of aryl methyl sites for hydroxylation is 1. The molecule has 1 aromatic heterocycles. The van der Waals surface area contributed by atoms with Gasteiger partial charge in [-0.2, -0.15) is 0 Å². The van der Waals surface area contributed by atoms with E-state index >= 15 is 0 Å². The van der Waals surface area contributed by atoms with Gasteiger partial charge in [0.1, 0.15) is 0 Å². The molecule has 0 amide bonds. The van der Waals surface area contributed by atoms with Crippen molar-refractivity contribution in [1.82, 2.24) is 4.98 Å². The molecule has 1 nitrogen and oxygen atoms in total. The molecule has 1 heterocycles. The standard InChI is InChI=1S/C25H23BrNP/c1-21-12-11-13-22(27-21)20-28(26,23-14-5-2-6-15-23,24-16-7-3-8-17-24)25-18-9-4-10-19-25/h2-19H,20H2,1H3. The van der Waals surface area contributed by atoms with Crippen molar-refractivity contribution in [1.29, 1.82) is 0 Å². The number of halogens is 1. The Balaban J connectivity index is 2.09. The van der Waals surface area contributed by atoms with Gasteiger partial charge in [-0.15, -0.1) is 0 Å². The SMILES string of the molecule is Cc1cccc(CP(Br)(c2ccccc2)(c2ccccc2)c2ccccc2)n1. The summed E-state index contributed by atoms with van der Waals surface area (Å²) >= 11 is 4.47. The quantitative estimate of drug-likeness (QED) is 0.356. The molecule has 0 spiro atoms. The third-order valence-corrected chi connectivity index (χ3v) is 14.8. The van der Waals surface area contributed by atoms with Crippen molar-refractivity contribution >= 4 is 36.7 Å². The van der Waals surface area contributed by atoms with Gasteiger partial charge in [-0.1, -0.05) is 0 Å². The molecule has 140 valence electrons. The fourth-order valence-electron chi connectivity index (χ4n) is 3.93. The Hall–Kier alpha value is -2.28. The maximum absolute atomic E-state index is 4.88. The molecule has 4 aromatic rings. The van der Waals surface area contributed by atoms with Gasteiger partial charge in [0, 0.05) is 0 Å². The molecule has 0 aliphatic carbocycles. The molecule has 0 atom stereocenters. The summed E-state index contributed by atoms with van der Waals surface area (Å²) in [6.07, 6.45) is 0.825. The first-order valence-corrected chi connectivity index (χ1v) is 13.9. The number of pyridine rings is 1. The van der Waals surface area contributed by atoms with Gasteiger partial charge in [-0.3, -0.25) is 0 Å². The summed E-state index contributed by atoms with van der Waals surface area (Å²) in [5.41, 5.74) is 2.15. The minimum atomic E-state index is -2.95. The van der Waals surface area contributed by atoms with Crippen LogP contribution in [0.15, 0.2) is 109 Å². The normalized spacial score (nSPS) is 12.9. The van der Waals surface area contributed by atoms with Gasteiger partial charge in [-0.25, -0.2) is 0 Å². The second kappa shape index (κ2) is 7.62. The van der Waals surface area contributed by atoms with Gasteiger partial charge in [0.15, 0.2) is 0 Å². The number of rotatable bonds is 5. The third-order valence-electron chi connectivity index (χ3n) is 5.29. The first-order chi connectivity index (χ1) is 13.6. The number of hydrogen-bond acceptors (Lipinski definition) is 1. The van der Waals surface area contributed by atoms with Gasteiger partial charge >= 0.3 is 175 Å². The van der Waals surface area contributed by atoms with Crippen LogP contribution in [0.3, 0.4) is 0 Å². The minimum absolute atomic E-state index is 0.825. The van der Waals surface area contributed by atoms with Crippen molar-refractivity contribution in [2.24, 2.45) is 0 Å². The monoisotopic (exact) mass is 447 g/mol. The van der Waals surface area contributed by atoms with E-state index in [4.69, 9.17) is 4.98 Å². The van der Waals surface area contributed by atoms with Crippen LogP contribution in [0.1, 0.15) is 11.4 Å². The molecule has 0 aliphatic heterocycles. The van der Waals surface area contributed by atoms with E-state index in [0.717, 1.165) is 17.5 Å². The molecule has 0 radical (unpaired) electrons. The Bertz CT molecular complexity index is 966. The Morgan fingerprint density at radius 3 is 1.43 bits per heavy atom. The van der Waals surface area contributed by atoms with Gasteiger partial charge in [-0.05, 0) is 0 Å². The van der Waals surface area contributed by atoms with E-state index in [9.17, 15) is 0 Å². The Kier molecular flexibility index (Phi) is 5.19. The number of benzene rings is 3. The molecule has 3 heteroatoms. The molecule has 0 unspecified atom stereocenters. The average molecular weight is 448 g/mol. The Labute approximate surface area is 175 Å². The fourth-order valence-corrected chi connectivity index (χ4v) is 11.4. The van der Waals surface area contributed by atoms with E-state index < -0.39 is 5.31 Å². The van der Waals surface area contributed by atoms with E-state index in [-0.39, 0.29) is 0 Å². The summed E-state index contributed by atoms with van der Waals surface area (Å²) in [5, 5.41) is 0.989. The van der Waals surface area contributed by atoms with E-state index in [1.54, 1.807) is 0 Å². The van der Waals surface area contributed by atoms with Crippen LogP contribution in [-0.4, -0.2) is 4.98 Å². The maximum atomic E-state index is 4.88. The Morgan fingerprint density at radius 1 is 0.607 bits per heavy atom. The van der Waals surface area contributed by atoms with Gasteiger partial charge in [0.05, 0.1) is 0 Å². The molecular weight excluding hydrogens is 425 g/mol. The van der Waals surface area contributed by atoms with Crippen molar-refractivity contribution in [3.8, 4) is 0 Å². The number of aromatic nitrogens is 1. The Morgan fingerprint density at radius 2 is 1.04 bits per heavy atom. The molecule has 0 saturated heterocycles. The second-order valence-corrected chi connectivity index (χ2v) is 16.0. The third kappa shape index (κ3) is 3.21. The van der Waals surface area contributed by atoms with Crippen LogP contribution in [0.4, 0.5) is 0 Å². The van der Waals surface area contributed by atoms with Crippen molar-refractivity contribution in [2.75, 3.05) is 0 Å². The van der Waals surface area contributed by atoms with E-state index in [0.29, 0.717) is 0 Å². The van der Waals surface area contributed by atoms with Crippen LogP contribution < -0.4 is 15.9 Å². The fraction of sp³-hybridized carbons (Fsp3) is 0.0800. The summed E-state index contributed by atoms with van der Waals surface area (Å²) < 4.78 is 0. The summed E-state index contributed by atoms with van der Waals surface area (Å²) in [6, 6.07) is 38.9. The first kappa shape index (κ1) is 19.1. The summed E-state index contributed by atoms with van der Waals surface area (Å²) in [5.74, 6) is 0. The molecule has 0 N–H and O–H groups in total. The zero-order valence-electron chi connectivity index (χ0n) is 15.9. The predicted octanol–water partition coefficient (Wildman–Crippen LogP) is 5.73. The van der Waals surface area contributed by atoms with Crippen molar-refractivity contribution < 1.29 is 0 Å². The molecule has 4 rings (SSSR count). The number of hydrogen-bond donors (Lipinski definition) is 0. The van der Waals surface area contributed by atoms with Crippen LogP contribution in [-0.2, 0) is 6.16 Å². The number of nitrogens with zero attached hydrogens (tertiary/aromatic N) is 1. The summed E-state index contributed by atoms with van der Waals surface area (Å²) in [7, 11) is 0. The van der Waals surface area contributed by atoms with E-state index in [1.807, 2.05) is 0 Å². The van der Waals surface area contributed by atoms with Crippen molar-refractivity contribution in [2.45, 2.75) is 13.1 Å². The summed E-state index contributed by atoms with van der Waals surface area (Å²) in [4.78, 5) is 4.88. The molecule has 3 aromatic carbocycles. The van der Waals surface area contributed by atoms with Crippen molar-refractivity contribution in [3.63, 3.8) is 0 Å². The molecular formula is C25H23BrNP. The van der Waals surface area contributed by atoms with Crippen LogP contribution in [0.5, 0.6) is 0 Å². The first-order valence-electron chi connectivity index (χ1n) is 9.43. The second-order valence-electron chi connectivity index (χ2n) is 7.12. The van der Waals surface area contributed by atoms with Crippen LogP contribution >= 0.6 is 20.8 Å². The van der Waals surface area contributed by atoms with Crippen LogP contribution in [0.25, 0.3) is 0 Å². The average Bonchev–Trinajstić information content (AvgIpc) is 2.76. The van der Waals surface area contributed by atoms with Crippen molar-refractivity contribution in [3.05, 3.63) is 121 Å². The topological polar surface area (TPSA) is 12.9 Å².